The minimum Gasteiger partial charge on any atom is -0.493 e. The van der Waals surface area contributed by atoms with Crippen molar-refractivity contribution in [3.05, 3.63) is 84.5 Å². The normalized spacial score (nSPS) is 17.5. The first kappa shape index (κ1) is 25.5. The van der Waals surface area contributed by atoms with Gasteiger partial charge in [-0.3, -0.25) is 14.2 Å². The highest BCUT2D eigenvalue weighted by molar-refractivity contribution is 7.07. The van der Waals surface area contributed by atoms with Crippen LogP contribution in [0.4, 0.5) is 5.69 Å². The second-order valence-electron chi connectivity index (χ2n) is 9.07. The average Bonchev–Trinajstić information content (AvgIpc) is 3.38. The molecule has 3 heterocycles. The number of carbonyl (C=O) groups is 2. The van der Waals surface area contributed by atoms with E-state index in [-0.39, 0.29) is 28.7 Å². The molecule has 1 N–H and O–H groups in total. The number of methoxy groups -OCH3 is 1. The van der Waals surface area contributed by atoms with Crippen molar-refractivity contribution in [2.75, 3.05) is 19.0 Å². The Morgan fingerprint density at radius 1 is 1.16 bits per heavy atom. The van der Waals surface area contributed by atoms with Crippen LogP contribution in [0.3, 0.4) is 0 Å². The molecule has 9 nitrogen and oxygen atoms in total. The lowest BCUT2D eigenvalue weighted by Gasteiger charge is -2.25. The zero-order valence-corrected chi connectivity index (χ0v) is 22.5. The number of esters is 1. The van der Waals surface area contributed by atoms with Crippen LogP contribution in [0.1, 0.15) is 44.9 Å². The summed E-state index contributed by atoms with van der Waals surface area (Å²) in [5, 5.41) is 2.82. The number of para-hydroxylation sites is 1. The molecule has 0 saturated heterocycles. The molecule has 1 amide bonds. The first-order valence-corrected chi connectivity index (χ1v) is 13.0. The van der Waals surface area contributed by atoms with Gasteiger partial charge in [-0.15, -0.1) is 0 Å². The number of carbonyl (C=O) groups excluding carboxylic acids is 2. The molecular weight excluding hydrogens is 506 g/mol. The smallest absolute Gasteiger partial charge is 0.338 e. The summed E-state index contributed by atoms with van der Waals surface area (Å²) in [5.41, 5.74) is 2.46. The Balaban J connectivity index is 1.78. The fraction of sp³-hybridized carbons (Fsp3) is 0.286. The van der Waals surface area contributed by atoms with Crippen LogP contribution in [0.25, 0.3) is 5.57 Å². The van der Waals surface area contributed by atoms with Crippen molar-refractivity contribution in [1.82, 2.24) is 4.57 Å². The topological polar surface area (TPSA) is 108 Å². The van der Waals surface area contributed by atoms with Gasteiger partial charge in [0.2, 0.25) is 0 Å². The van der Waals surface area contributed by atoms with Crippen LogP contribution in [0.15, 0.2) is 63.5 Å². The van der Waals surface area contributed by atoms with Gasteiger partial charge in [-0.2, -0.15) is 0 Å². The molecule has 0 unspecified atom stereocenters. The minimum absolute atomic E-state index is 0.0772. The lowest BCUT2D eigenvalue weighted by Crippen LogP contribution is -2.40. The van der Waals surface area contributed by atoms with Crippen LogP contribution >= 0.6 is 11.3 Å². The molecule has 2 aromatic carbocycles. The number of rotatable bonds is 6. The Hall–Kier alpha value is -4.18. The Labute approximate surface area is 222 Å². The molecule has 0 radical (unpaired) electrons. The van der Waals surface area contributed by atoms with Crippen LogP contribution in [0.5, 0.6) is 11.5 Å². The maximum absolute atomic E-state index is 14.0. The maximum Gasteiger partial charge on any atom is 0.338 e. The van der Waals surface area contributed by atoms with Crippen molar-refractivity contribution in [2.45, 2.75) is 39.8 Å². The molecule has 0 aliphatic carbocycles. The maximum atomic E-state index is 14.0. The lowest BCUT2D eigenvalue weighted by atomic mass is 9.95. The number of hydrogen-bond donors (Lipinski definition) is 1. The van der Waals surface area contributed by atoms with Gasteiger partial charge in [0, 0.05) is 11.3 Å². The number of allylic oxidation sites excluding steroid dienone is 1. The van der Waals surface area contributed by atoms with Gasteiger partial charge < -0.3 is 19.5 Å². The summed E-state index contributed by atoms with van der Waals surface area (Å²) in [7, 11) is 1.53. The summed E-state index contributed by atoms with van der Waals surface area (Å²) >= 11 is 1.12. The van der Waals surface area contributed by atoms with Crippen molar-refractivity contribution in [1.29, 1.82) is 0 Å². The molecule has 196 valence electrons. The van der Waals surface area contributed by atoms with Gasteiger partial charge in [-0.25, -0.2) is 9.79 Å². The van der Waals surface area contributed by atoms with E-state index in [9.17, 15) is 14.4 Å². The minimum atomic E-state index is -0.846. The fourth-order valence-corrected chi connectivity index (χ4v) is 5.85. The summed E-state index contributed by atoms with van der Waals surface area (Å²) in [5.74, 6) is 0.0786. The number of ether oxygens (including phenoxy) is 3. The number of nitrogens with zero attached hydrogens (tertiary/aromatic N) is 2. The average molecular weight is 534 g/mol. The van der Waals surface area contributed by atoms with E-state index in [4.69, 9.17) is 14.2 Å². The lowest BCUT2D eigenvalue weighted by molar-refractivity contribution is -0.139. The van der Waals surface area contributed by atoms with E-state index in [1.165, 1.54) is 11.7 Å². The van der Waals surface area contributed by atoms with E-state index in [0.29, 0.717) is 44.4 Å². The van der Waals surface area contributed by atoms with Crippen molar-refractivity contribution < 1.29 is 23.8 Å². The summed E-state index contributed by atoms with van der Waals surface area (Å²) < 4.78 is 18.5. The van der Waals surface area contributed by atoms with Crippen LogP contribution in [0.2, 0.25) is 0 Å². The summed E-state index contributed by atoms with van der Waals surface area (Å²) in [4.78, 5) is 45.1. The Morgan fingerprint density at radius 3 is 2.63 bits per heavy atom. The molecule has 5 rings (SSSR count). The molecule has 0 saturated carbocycles. The van der Waals surface area contributed by atoms with Crippen LogP contribution < -0.4 is 29.7 Å². The fourth-order valence-electron chi connectivity index (χ4n) is 4.71. The molecule has 0 spiro atoms. The molecule has 2 aliphatic heterocycles. The summed E-state index contributed by atoms with van der Waals surface area (Å²) in [6.07, 6.45) is -0.0772. The number of benzene rings is 2. The van der Waals surface area contributed by atoms with Crippen LogP contribution in [0, 0.1) is 0 Å². The van der Waals surface area contributed by atoms with Crippen LogP contribution in [-0.4, -0.2) is 36.3 Å². The Bertz CT molecular complexity index is 1680. The monoisotopic (exact) mass is 533 g/mol. The Kier molecular flexibility index (Phi) is 6.66. The van der Waals surface area contributed by atoms with Crippen molar-refractivity contribution in [2.24, 2.45) is 4.99 Å². The van der Waals surface area contributed by atoms with E-state index < -0.39 is 17.6 Å². The molecule has 0 bridgehead atoms. The predicted octanol–water partition coefficient (Wildman–Crippen LogP) is 2.92. The zero-order chi connectivity index (χ0) is 27.1. The third kappa shape index (κ3) is 4.20. The van der Waals surface area contributed by atoms with Gasteiger partial charge >= 0.3 is 5.97 Å². The predicted molar refractivity (Wildman–Crippen MR) is 143 cm³/mol. The van der Waals surface area contributed by atoms with E-state index in [2.05, 4.69) is 10.3 Å². The highest BCUT2D eigenvalue weighted by Crippen LogP contribution is 2.37. The highest BCUT2D eigenvalue weighted by Gasteiger charge is 2.35. The number of amides is 1. The number of anilines is 1. The van der Waals surface area contributed by atoms with Gasteiger partial charge in [-0.05, 0) is 51.5 Å². The number of hydrogen-bond acceptors (Lipinski definition) is 8. The van der Waals surface area contributed by atoms with Gasteiger partial charge in [0.05, 0.1) is 42.7 Å². The summed E-state index contributed by atoms with van der Waals surface area (Å²) in [6, 6.07) is 11.7. The molecule has 3 aromatic rings. The van der Waals surface area contributed by atoms with Crippen molar-refractivity contribution >= 4 is 34.5 Å². The summed E-state index contributed by atoms with van der Waals surface area (Å²) in [6.45, 7) is 7.42. The number of nitrogens with one attached hydrogen (secondary N) is 1. The van der Waals surface area contributed by atoms with E-state index in [1.54, 1.807) is 44.2 Å². The van der Waals surface area contributed by atoms with Gasteiger partial charge in [-0.1, -0.05) is 35.6 Å². The van der Waals surface area contributed by atoms with Crippen molar-refractivity contribution in [3.63, 3.8) is 0 Å². The Morgan fingerprint density at radius 2 is 1.92 bits per heavy atom. The van der Waals surface area contributed by atoms with Gasteiger partial charge in [0.15, 0.2) is 16.3 Å². The number of thiazole rings is 1. The van der Waals surface area contributed by atoms with E-state index in [0.717, 1.165) is 11.3 Å². The first-order valence-electron chi connectivity index (χ1n) is 12.2. The van der Waals surface area contributed by atoms with Gasteiger partial charge in [0.1, 0.15) is 4.53 Å². The molecule has 1 atom stereocenters. The molecule has 0 fully saturated rings. The SMILES string of the molecule is CCOC(=O)C1=C(C)N=c2s/c(=C3\C(=O)Nc4ccccc43)c(=O)n2[C@@H]1c1ccc(OC(C)C)c(OC)c1. The quantitative estimate of drug-likeness (QED) is 0.488. The molecule has 38 heavy (non-hydrogen) atoms. The third-order valence-corrected chi connectivity index (χ3v) is 7.31. The molecule has 2 aliphatic rings. The largest absolute Gasteiger partial charge is 0.493 e. The van der Waals surface area contributed by atoms with Crippen LogP contribution in [-0.2, 0) is 14.3 Å². The van der Waals surface area contributed by atoms with E-state index >= 15 is 0 Å². The molecular formula is C28H27N3O6S. The second-order valence-corrected chi connectivity index (χ2v) is 10.1. The van der Waals surface area contributed by atoms with Gasteiger partial charge in [0.25, 0.3) is 11.5 Å². The highest BCUT2D eigenvalue weighted by atomic mass is 32.1. The standard InChI is InChI=1S/C28H27N3O6S/c1-6-36-27(34)21-15(4)29-28-31(23(21)16-11-12-19(37-14(2)3)20(13-16)35-5)26(33)24(38-28)22-17-9-7-8-10-18(17)30-25(22)32/h7-14,23H,6H2,1-5H3,(H,30,32)/b24-22-/t23-/m1/s1. The molecule has 1 aromatic heterocycles. The third-order valence-electron chi connectivity index (χ3n) is 6.26. The van der Waals surface area contributed by atoms with Crippen molar-refractivity contribution in [3.8, 4) is 11.5 Å². The zero-order valence-electron chi connectivity index (χ0n) is 21.7. The van der Waals surface area contributed by atoms with E-state index in [1.807, 2.05) is 26.0 Å². The second kappa shape index (κ2) is 9.94. The number of aromatic nitrogens is 1. The number of fused-ring (bicyclic) bond motifs is 2. The molecule has 10 heteroatoms. The first-order chi connectivity index (χ1) is 18.2.